The molecule has 0 aliphatic rings. The highest BCUT2D eigenvalue weighted by atomic mass is 15.4. The summed E-state index contributed by atoms with van der Waals surface area (Å²) in [6.07, 6.45) is 0. The Hall–Kier alpha value is -1.19. The predicted octanol–water partition coefficient (Wildman–Crippen LogP) is 1.11. The van der Waals surface area contributed by atoms with Gasteiger partial charge in [0.1, 0.15) is 11.6 Å². The van der Waals surface area contributed by atoms with Gasteiger partial charge in [0.05, 0.1) is 0 Å². The molecular weight excluding hydrogens is 152 g/mol. The fourth-order valence-electron chi connectivity index (χ4n) is 1.12. The van der Waals surface area contributed by atoms with Crippen LogP contribution in [0, 0.1) is 0 Å². The second-order valence-corrected chi connectivity index (χ2v) is 3.36. The zero-order valence-electron chi connectivity index (χ0n) is 8.07. The lowest BCUT2D eigenvalue weighted by Gasteiger charge is -2.16. The van der Waals surface area contributed by atoms with Gasteiger partial charge in [-0.3, -0.25) is 0 Å². The van der Waals surface area contributed by atoms with Crippen molar-refractivity contribution in [3.63, 3.8) is 0 Å². The summed E-state index contributed by atoms with van der Waals surface area (Å²) in [5, 5.41) is 4.18. The average molecular weight is 168 g/mol. The van der Waals surface area contributed by atoms with Gasteiger partial charge in [-0.15, -0.1) is 0 Å². The first kappa shape index (κ1) is 8.90. The highest BCUT2D eigenvalue weighted by molar-refractivity contribution is 5.47. The molecule has 1 heterocycles. The first-order chi connectivity index (χ1) is 5.52. The van der Waals surface area contributed by atoms with Crippen LogP contribution in [0.3, 0.4) is 0 Å². The van der Waals surface area contributed by atoms with Crippen LogP contribution in [-0.2, 0) is 0 Å². The van der Waals surface area contributed by atoms with Crippen LogP contribution in [0.25, 0.3) is 0 Å². The Morgan fingerprint density at radius 3 is 2.42 bits per heavy atom. The minimum absolute atomic E-state index is 0.347. The van der Waals surface area contributed by atoms with Gasteiger partial charge in [-0.25, -0.2) is 4.68 Å². The lowest BCUT2D eigenvalue weighted by Crippen LogP contribution is -2.16. The van der Waals surface area contributed by atoms with Gasteiger partial charge < -0.3 is 10.6 Å². The summed E-state index contributed by atoms with van der Waals surface area (Å²) in [6.45, 7) is 4.17. The van der Waals surface area contributed by atoms with Crippen LogP contribution in [0.2, 0.25) is 0 Å². The van der Waals surface area contributed by atoms with Crippen LogP contribution in [0.1, 0.15) is 19.9 Å². The second-order valence-electron chi connectivity index (χ2n) is 3.36. The van der Waals surface area contributed by atoms with Crippen LogP contribution in [0.4, 0.5) is 11.6 Å². The third-order valence-electron chi connectivity index (χ3n) is 1.68. The van der Waals surface area contributed by atoms with Crippen LogP contribution < -0.4 is 10.6 Å². The van der Waals surface area contributed by atoms with Crippen molar-refractivity contribution in [1.29, 1.82) is 0 Å². The van der Waals surface area contributed by atoms with Gasteiger partial charge in [0, 0.05) is 26.2 Å². The van der Waals surface area contributed by atoms with E-state index in [0.717, 1.165) is 5.82 Å². The predicted molar refractivity (Wildman–Crippen MR) is 51.4 cm³/mol. The van der Waals surface area contributed by atoms with Crippen molar-refractivity contribution in [2.75, 3.05) is 24.7 Å². The van der Waals surface area contributed by atoms with Gasteiger partial charge in [0.25, 0.3) is 0 Å². The molecule has 0 aromatic carbocycles. The molecule has 4 nitrogen and oxygen atoms in total. The molecule has 0 unspecified atom stereocenters. The molecule has 0 fully saturated rings. The Labute approximate surface area is 73.0 Å². The topological polar surface area (TPSA) is 47.1 Å². The van der Waals surface area contributed by atoms with E-state index < -0.39 is 0 Å². The van der Waals surface area contributed by atoms with Crippen LogP contribution >= 0.6 is 0 Å². The fraction of sp³-hybridized carbons (Fsp3) is 0.625. The standard InChI is InChI=1S/C8H16N4/c1-6(2)12-8(11(3)4)5-7(9)10-12/h5-6H,1-4H3,(H2,9,10). The van der Waals surface area contributed by atoms with Crippen molar-refractivity contribution in [3.8, 4) is 0 Å². The molecule has 0 spiro atoms. The molecule has 0 aliphatic carbocycles. The van der Waals surface area contributed by atoms with Gasteiger partial charge in [-0.2, -0.15) is 5.10 Å². The van der Waals surface area contributed by atoms with Crippen LogP contribution in [0.5, 0.6) is 0 Å². The van der Waals surface area contributed by atoms with Crippen LogP contribution in [0.15, 0.2) is 6.07 Å². The maximum atomic E-state index is 5.60. The number of anilines is 2. The monoisotopic (exact) mass is 168 g/mol. The average Bonchev–Trinajstić information content (AvgIpc) is 2.31. The number of nitrogens with two attached hydrogens (primary N) is 1. The van der Waals surface area contributed by atoms with Gasteiger partial charge >= 0.3 is 0 Å². The second kappa shape index (κ2) is 3.05. The zero-order chi connectivity index (χ0) is 9.30. The first-order valence-electron chi connectivity index (χ1n) is 4.04. The Bertz CT molecular complexity index is 237. The van der Waals surface area contributed by atoms with E-state index in [1.54, 1.807) is 0 Å². The summed E-state index contributed by atoms with van der Waals surface area (Å²) in [4.78, 5) is 2.00. The summed E-state index contributed by atoms with van der Waals surface area (Å²) in [7, 11) is 3.96. The molecule has 0 saturated carbocycles. The van der Waals surface area contributed by atoms with Gasteiger partial charge in [-0.05, 0) is 13.8 Å². The SMILES string of the molecule is CC(C)n1nc(N)cc1N(C)C. The molecule has 0 saturated heterocycles. The van der Waals surface area contributed by atoms with E-state index in [2.05, 4.69) is 18.9 Å². The Morgan fingerprint density at radius 1 is 1.50 bits per heavy atom. The van der Waals surface area contributed by atoms with E-state index in [9.17, 15) is 0 Å². The highest BCUT2D eigenvalue weighted by Gasteiger charge is 2.09. The minimum Gasteiger partial charge on any atom is -0.382 e. The minimum atomic E-state index is 0.347. The van der Waals surface area contributed by atoms with Gasteiger partial charge in [0.2, 0.25) is 0 Å². The summed E-state index contributed by atoms with van der Waals surface area (Å²) in [6, 6.07) is 2.22. The molecule has 4 heteroatoms. The molecule has 1 rings (SSSR count). The van der Waals surface area contributed by atoms with Crippen molar-refractivity contribution in [1.82, 2.24) is 9.78 Å². The van der Waals surface area contributed by atoms with Crippen molar-refractivity contribution in [3.05, 3.63) is 6.07 Å². The molecule has 0 radical (unpaired) electrons. The molecule has 1 aromatic heterocycles. The largest absolute Gasteiger partial charge is 0.382 e. The molecule has 0 atom stereocenters. The lowest BCUT2D eigenvalue weighted by atomic mass is 10.4. The Balaban J connectivity index is 3.08. The molecule has 2 N–H and O–H groups in total. The van der Waals surface area contributed by atoms with Crippen LogP contribution in [-0.4, -0.2) is 23.9 Å². The molecule has 0 bridgehead atoms. The zero-order valence-corrected chi connectivity index (χ0v) is 8.07. The lowest BCUT2D eigenvalue weighted by molar-refractivity contribution is 0.534. The molecule has 0 aliphatic heterocycles. The van der Waals surface area contributed by atoms with Crippen molar-refractivity contribution >= 4 is 11.6 Å². The Morgan fingerprint density at radius 2 is 2.08 bits per heavy atom. The number of rotatable bonds is 2. The maximum absolute atomic E-state index is 5.60. The van der Waals surface area contributed by atoms with Gasteiger partial charge in [-0.1, -0.05) is 0 Å². The number of nitrogens with zero attached hydrogens (tertiary/aromatic N) is 3. The molecular formula is C8H16N4. The third-order valence-corrected chi connectivity index (χ3v) is 1.68. The summed E-state index contributed by atoms with van der Waals surface area (Å²) in [5.41, 5.74) is 5.60. The Kier molecular flexibility index (Phi) is 2.26. The fourth-order valence-corrected chi connectivity index (χ4v) is 1.12. The smallest absolute Gasteiger partial charge is 0.147 e. The maximum Gasteiger partial charge on any atom is 0.147 e. The molecule has 0 amide bonds. The van der Waals surface area contributed by atoms with Gasteiger partial charge in [0.15, 0.2) is 0 Å². The van der Waals surface area contributed by atoms with E-state index >= 15 is 0 Å². The summed E-state index contributed by atoms with van der Waals surface area (Å²) < 4.78 is 1.91. The van der Waals surface area contributed by atoms with Crippen molar-refractivity contribution in [2.45, 2.75) is 19.9 Å². The number of nitrogen functional groups attached to an aromatic ring is 1. The third kappa shape index (κ3) is 1.52. The normalized spacial score (nSPS) is 10.8. The number of hydrogen-bond donors (Lipinski definition) is 1. The molecule has 12 heavy (non-hydrogen) atoms. The molecule has 1 aromatic rings. The van der Waals surface area contributed by atoms with E-state index in [1.807, 2.05) is 29.7 Å². The van der Waals surface area contributed by atoms with E-state index in [1.165, 1.54) is 0 Å². The summed E-state index contributed by atoms with van der Waals surface area (Å²) in [5.74, 6) is 1.62. The van der Waals surface area contributed by atoms with E-state index in [4.69, 9.17) is 5.73 Å². The molecule has 68 valence electrons. The first-order valence-corrected chi connectivity index (χ1v) is 4.04. The van der Waals surface area contributed by atoms with Crippen molar-refractivity contribution in [2.24, 2.45) is 0 Å². The van der Waals surface area contributed by atoms with Crippen molar-refractivity contribution < 1.29 is 0 Å². The summed E-state index contributed by atoms with van der Waals surface area (Å²) >= 11 is 0. The van der Waals surface area contributed by atoms with E-state index in [0.29, 0.717) is 11.9 Å². The quantitative estimate of drug-likeness (QED) is 0.719. The highest BCUT2D eigenvalue weighted by Crippen LogP contribution is 2.19. The number of aromatic nitrogens is 2. The van der Waals surface area contributed by atoms with E-state index in [-0.39, 0.29) is 0 Å². The number of hydrogen-bond acceptors (Lipinski definition) is 3.